The molecule has 118 valence electrons. The maximum atomic E-state index is 12.3. The summed E-state index contributed by atoms with van der Waals surface area (Å²) >= 11 is 0. The number of aliphatic hydroxyl groups excluding tert-OH is 1. The van der Waals surface area contributed by atoms with Gasteiger partial charge < -0.3 is 10.4 Å². The number of rotatable bonds is 6. The Morgan fingerprint density at radius 2 is 2.09 bits per heavy atom. The predicted octanol–water partition coefficient (Wildman–Crippen LogP) is 2.24. The van der Waals surface area contributed by atoms with Crippen LogP contribution >= 0.6 is 0 Å². The average molecular weight is 301 g/mol. The summed E-state index contributed by atoms with van der Waals surface area (Å²) in [6.07, 6.45) is 2.29. The monoisotopic (exact) mass is 301 g/mol. The number of aromatic nitrogens is 2. The van der Waals surface area contributed by atoms with Gasteiger partial charge >= 0.3 is 0 Å². The highest BCUT2D eigenvalue weighted by Gasteiger charge is 2.16. The molecule has 1 atom stereocenters. The number of nitrogens with zero attached hydrogens (tertiary/aromatic N) is 2. The van der Waals surface area contributed by atoms with Gasteiger partial charge in [-0.1, -0.05) is 25.1 Å². The van der Waals surface area contributed by atoms with Crippen LogP contribution in [0.15, 0.2) is 30.5 Å². The number of nitrogens with one attached hydrogen (secondary N) is 1. The molecule has 0 saturated heterocycles. The highest BCUT2D eigenvalue weighted by atomic mass is 16.3. The molecule has 1 aromatic carbocycles. The van der Waals surface area contributed by atoms with E-state index in [1.165, 1.54) is 0 Å². The zero-order chi connectivity index (χ0) is 16.1. The van der Waals surface area contributed by atoms with Gasteiger partial charge in [-0.25, -0.2) is 4.68 Å². The van der Waals surface area contributed by atoms with Crippen molar-refractivity contribution in [1.29, 1.82) is 0 Å². The number of aryl methyl sites for hydroxylation is 1. The fraction of sp³-hybridized carbons (Fsp3) is 0.412. The van der Waals surface area contributed by atoms with Crippen molar-refractivity contribution in [3.63, 3.8) is 0 Å². The average Bonchev–Trinajstić information content (AvgIpc) is 2.87. The number of benzene rings is 1. The lowest BCUT2D eigenvalue weighted by atomic mass is 10.1. The number of aliphatic hydroxyl groups is 1. The molecule has 5 heteroatoms. The van der Waals surface area contributed by atoms with E-state index in [1.807, 2.05) is 45.0 Å². The van der Waals surface area contributed by atoms with Crippen molar-refractivity contribution >= 4 is 5.91 Å². The summed E-state index contributed by atoms with van der Waals surface area (Å²) in [5.74, 6) is 0.128. The lowest BCUT2D eigenvalue weighted by Crippen LogP contribution is -2.29. The summed E-state index contributed by atoms with van der Waals surface area (Å²) in [6, 6.07) is 7.95. The number of carbonyl (C=O) groups is 1. The molecule has 0 spiro atoms. The van der Waals surface area contributed by atoms with Crippen LogP contribution in [0.2, 0.25) is 0 Å². The molecular formula is C17H23N3O2. The van der Waals surface area contributed by atoms with E-state index in [9.17, 15) is 4.79 Å². The Labute approximate surface area is 131 Å². The SMILES string of the molecule is Cc1ccccc1-n1ncc(C(=O)NCC(C)CCO)c1C. The van der Waals surface area contributed by atoms with E-state index in [0.717, 1.165) is 16.9 Å². The molecule has 1 aromatic heterocycles. The van der Waals surface area contributed by atoms with Crippen LogP contribution in [-0.4, -0.2) is 33.9 Å². The van der Waals surface area contributed by atoms with Crippen molar-refractivity contribution < 1.29 is 9.90 Å². The van der Waals surface area contributed by atoms with Crippen molar-refractivity contribution in [3.8, 4) is 5.69 Å². The predicted molar refractivity (Wildman–Crippen MR) is 86.2 cm³/mol. The Morgan fingerprint density at radius 1 is 1.36 bits per heavy atom. The first kappa shape index (κ1) is 16.2. The quantitative estimate of drug-likeness (QED) is 0.860. The second-order valence-corrected chi connectivity index (χ2v) is 5.67. The topological polar surface area (TPSA) is 67.2 Å². The van der Waals surface area contributed by atoms with E-state index in [-0.39, 0.29) is 18.4 Å². The highest BCUT2D eigenvalue weighted by Crippen LogP contribution is 2.17. The van der Waals surface area contributed by atoms with Crippen molar-refractivity contribution in [2.24, 2.45) is 5.92 Å². The Hall–Kier alpha value is -2.14. The minimum atomic E-state index is -0.123. The van der Waals surface area contributed by atoms with Gasteiger partial charge in [0.1, 0.15) is 0 Å². The van der Waals surface area contributed by atoms with Gasteiger partial charge in [0.05, 0.1) is 23.1 Å². The van der Waals surface area contributed by atoms with Crippen molar-refractivity contribution in [3.05, 3.63) is 47.3 Å². The van der Waals surface area contributed by atoms with Crippen LogP contribution in [0.3, 0.4) is 0 Å². The number of carbonyl (C=O) groups excluding carboxylic acids is 1. The molecule has 0 bridgehead atoms. The first-order valence-electron chi connectivity index (χ1n) is 7.54. The molecule has 0 saturated carbocycles. The Morgan fingerprint density at radius 3 is 2.77 bits per heavy atom. The summed E-state index contributed by atoms with van der Waals surface area (Å²) in [6.45, 7) is 6.61. The highest BCUT2D eigenvalue weighted by molar-refractivity contribution is 5.95. The van der Waals surface area contributed by atoms with Gasteiger partial charge in [0.15, 0.2) is 0 Å². The summed E-state index contributed by atoms with van der Waals surface area (Å²) < 4.78 is 1.79. The smallest absolute Gasteiger partial charge is 0.254 e. The van der Waals surface area contributed by atoms with E-state index < -0.39 is 0 Å². The van der Waals surface area contributed by atoms with Gasteiger partial charge in [0.2, 0.25) is 0 Å². The normalized spacial score (nSPS) is 12.2. The molecular weight excluding hydrogens is 278 g/mol. The van der Waals surface area contributed by atoms with Gasteiger partial charge in [0.25, 0.3) is 5.91 Å². The molecule has 0 aliphatic carbocycles. The molecule has 5 nitrogen and oxygen atoms in total. The first-order valence-corrected chi connectivity index (χ1v) is 7.54. The van der Waals surface area contributed by atoms with Gasteiger partial charge in [-0.05, 0) is 37.8 Å². The minimum Gasteiger partial charge on any atom is -0.396 e. The number of hydrogen-bond acceptors (Lipinski definition) is 3. The van der Waals surface area contributed by atoms with Crippen LogP contribution in [0.5, 0.6) is 0 Å². The van der Waals surface area contributed by atoms with E-state index in [2.05, 4.69) is 10.4 Å². The lowest BCUT2D eigenvalue weighted by molar-refractivity contribution is 0.0945. The molecule has 0 fully saturated rings. The summed E-state index contributed by atoms with van der Waals surface area (Å²) in [4.78, 5) is 12.3. The fourth-order valence-corrected chi connectivity index (χ4v) is 2.36. The maximum Gasteiger partial charge on any atom is 0.254 e. The second kappa shape index (κ2) is 7.22. The summed E-state index contributed by atoms with van der Waals surface area (Å²) in [5, 5.41) is 16.1. The Bertz CT molecular complexity index is 649. The van der Waals surface area contributed by atoms with Crippen molar-refractivity contribution in [2.75, 3.05) is 13.2 Å². The maximum absolute atomic E-state index is 12.3. The van der Waals surface area contributed by atoms with E-state index >= 15 is 0 Å². The number of para-hydroxylation sites is 1. The van der Waals surface area contributed by atoms with Crippen LogP contribution in [0, 0.1) is 19.8 Å². The third-order valence-electron chi connectivity index (χ3n) is 3.83. The van der Waals surface area contributed by atoms with Crippen LogP contribution in [0.4, 0.5) is 0 Å². The largest absolute Gasteiger partial charge is 0.396 e. The van der Waals surface area contributed by atoms with Crippen LogP contribution in [-0.2, 0) is 0 Å². The van der Waals surface area contributed by atoms with E-state index in [1.54, 1.807) is 10.9 Å². The molecule has 0 radical (unpaired) electrons. The zero-order valence-electron chi connectivity index (χ0n) is 13.3. The van der Waals surface area contributed by atoms with Crippen LogP contribution in [0.25, 0.3) is 5.69 Å². The summed E-state index contributed by atoms with van der Waals surface area (Å²) in [5.41, 5.74) is 3.49. The standard InChI is InChI=1S/C17H23N3O2/c1-12(8-9-21)10-18-17(22)15-11-19-20(14(15)3)16-7-5-4-6-13(16)2/h4-7,11-12,21H,8-10H2,1-3H3,(H,18,22). The molecule has 2 aromatic rings. The molecule has 1 amide bonds. The second-order valence-electron chi connectivity index (χ2n) is 5.67. The van der Waals surface area contributed by atoms with Crippen LogP contribution < -0.4 is 5.32 Å². The lowest BCUT2D eigenvalue weighted by Gasteiger charge is -2.11. The van der Waals surface area contributed by atoms with E-state index in [0.29, 0.717) is 18.5 Å². The molecule has 2 N–H and O–H groups in total. The molecule has 0 aliphatic heterocycles. The van der Waals surface area contributed by atoms with Crippen LogP contribution in [0.1, 0.15) is 35.0 Å². The van der Waals surface area contributed by atoms with Gasteiger partial charge in [0, 0.05) is 13.2 Å². The number of amides is 1. The molecule has 0 aliphatic rings. The zero-order valence-corrected chi connectivity index (χ0v) is 13.3. The summed E-state index contributed by atoms with van der Waals surface area (Å²) in [7, 11) is 0. The fourth-order valence-electron chi connectivity index (χ4n) is 2.36. The van der Waals surface area contributed by atoms with E-state index in [4.69, 9.17) is 5.11 Å². The van der Waals surface area contributed by atoms with Crippen molar-refractivity contribution in [2.45, 2.75) is 27.2 Å². The molecule has 22 heavy (non-hydrogen) atoms. The molecule has 1 unspecified atom stereocenters. The molecule has 2 rings (SSSR count). The Kier molecular flexibility index (Phi) is 5.33. The minimum absolute atomic E-state index is 0.123. The van der Waals surface area contributed by atoms with Gasteiger partial charge in [-0.3, -0.25) is 4.79 Å². The number of hydrogen-bond donors (Lipinski definition) is 2. The third-order valence-corrected chi connectivity index (χ3v) is 3.83. The van der Waals surface area contributed by atoms with Gasteiger partial charge in [-0.15, -0.1) is 0 Å². The van der Waals surface area contributed by atoms with Gasteiger partial charge in [-0.2, -0.15) is 5.10 Å². The Balaban J connectivity index is 2.14. The third kappa shape index (κ3) is 3.54. The first-order chi connectivity index (χ1) is 10.5. The van der Waals surface area contributed by atoms with Crippen molar-refractivity contribution in [1.82, 2.24) is 15.1 Å². The molecule has 1 heterocycles.